The first kappa shape index (κ1) is 12.0. The van der Waals surface area contributed by atoms with Crippen LogP contribution in [0.1, 0.15) is 0 Å². The van der Waals surface area contributed by atoms with E-state index in [0.717, 1.165) is 0 Å². The van der Waals surface area contributed by atoms with Crippen molar-refractivity contribution in [3.8, 4) is 0 Å². The number of hydrogen-bond donors (Lipinski definition) is 5. The molecular weight excluding hydrogens is 222 g/mol. The van der Waals surface area contributed by atoms with Crippen LogP contribution in [-0.2, 0) is 9.30 Å². The summed E-state index contributed by atoms with van der Waals surface area (Å²) < 4.78 is 28.1. The lowest BCUT2D eigenvalue weighted by atomic mass is 10.1. The van der Waals surface area contributed by atoms with Gasteiger partial charge in [-0.15, -0.1) is 0 Å². The highest BCUT2D eigenvalue weighted by Gasteiger charge is 2.65. The smallest absolute Gasteiger partial charge is 0.392 e. The summed E-state index contributed by atoms with van der Waals surface area (Å²) in [7, 11) is -5.38. The Morgan fingerprint density at radius 3 is 2.14 bits per heavy atom. The number of halogens is 1. The Morgan fingerprint density at radius 2 is 1.93 bits per heavy atom. The molecule has 1 aliphatic heterocycles. The van der Waals surface area contributed by atoms with Crippen molar-refractivity contribution in [3.63, 3.8) is 0 Å². The molecule has 14 heavy (non-hydrogen) atoms. The Bertz CT molecular complexity index is 267. The second-order valence-corrected chi connectivity index (χ2v) is 4.63. The fraction of sp³-hybridized carbons (Fsp3) is 1.00. The first-order valence-electron chi connectivity index (χ1n) is 3.63. The number of ether oxygens (including phenoxy) is 1. The summed E-state index contributed by atoms with van der Waals surface area (Å²) in [5, 5.41) is 26.6. The average Bonchev–Trinajstić information content (AvgIpc) is 2.29. The summed E-state index contributed by atoms with van der Waals surface area (Å²) in [4.78, 5) is 17.1. The predicted octanol–water partition coefficient (Wildman–Crippen LogP) is -2.10. The molecule has 1 unspecified atom stereocenters. The fourth-order valence-electron chi connectivity index (χ4n) is 1.15. The van der Waals surface area contributed by atoms with Crippen molar-refractivity contribution in [2.45, 2.75) is 23.9 Å². The molecular formula is C5H10FO7P. The SMILES string of the molecule is O=P(O)(O)C1(F)O[C@H](CO)[C@@H](O)[C@H]1O. The molecule has 84 valence electrons. The molecule has 0 spiro atoms. The Balaban J connectivity index is 2.99. The normalized spacial score (nSPS) is 44.3. The summed E-state index contributed by atoms with van der Waals surface area (Å²) in [5.74, 6) is 0. The van der Waals surface area contributed by atoms with Gasteiger partial charge < -0.3 is 29.8 Å². The molecule has 4 atom stereocenters. The van der Waals surface area contributed by atoms with Crippen LogP contribution in [-0.4, -0.2) is 55.6 Å². The third-order valence-electron chi connectivity index (χ3n) is 1.96. The standard InChI is InChI=1S/C5H10FO7P/c6-5(14(10,11)12)4(9)3(8)2(1-7)13-5/h2-4,7-9H,1H2,(H2,10,11,12)/t2-,3-,4-,5?/m1/s1. The van der Waals surface area contributed by atoms with Gasteiger partial charge in [0.15, 0.2) is 6.10 Å². The molecule has 0 amide bonds. The van der Waals surface area contributed by atoms with Gasteiger partial charge in [0.2, 0.25) is 0 Å². The van der Waals surface area contributed by atoms with Gasteiger partial charge >= 0.3 is 13.2 Å². The lowest BCUT2D eigenvalue weighted by Crippen LogP contribution is -2.39. The topological polar surface area (TPSA) is 127 Å². The molecule has 0 aromatic rings. The second kappa shape index (κ2) is 3.49. The molecule has 1 aliphatic rings. The van der Waals surface area contributed by atoms with E-state index in [-0.39, 0.29) is 0 Å². The Kier molecular flexibility index (Phi) is 2.99. The van der Waals surface area contributed by atoms with E-state index in [1.807, 2.05) is 0 Å². The molecule has 0 bridgehead atoms. The molecule has 0 aromatic heterocycles. The summed E-state index contributed by atoms with van der Waals surface area (Å²) in [6, 6.07) is 0. The van der Waals surface area contributed by atoms with Crippen LogP contribution in [0.25, 0.3) is 0 Å². The van der Waals surface area contributed by atoms with Gasteiger partial charge in [-0.25, -0.2) is 0 Å². The number of rotatable bonds is 2. The number of aliphatic hydroxyl groups excluding tert-OH is 3. The lowest BCUT2D eigenvalue weighted by molar-refractivity contribution is -0.130. The van der Waals surface area contributed by atoms with Crippen LogP contribution >= 0.6 is 7.60 Å². The average molecular weight is 232 g/mol. The van der Waals surface area contributed by atoms with Crippen LogP contribution in [0, 0.1) is 0 Å². The summed E-state index contributed by atoms with van der Waals surface area (Å²) in [5.41, 5.74) is -3.65. The maximum Gasteiger partial charge on any atom is 0.392 e. The largest absolute Gasteiger partial charge is 0.394 e. The van der Waals surface area contributed by atoms with Crippen LogP contribution in [0.4, 0.5) is 4.39 Å². The molecule has 0 aromatic carbocycles. The van der Waals surface area contributed by atoms with Gasteiger partial charge in [0, 0.05) is 0 Å². The first-order chi connectivity index (χ1) is 6.24. The lowest BCUT2D eigenvalue weighted by Gasteiger charge is -2.23. The molecule has 1 rings (SSSR count). The maximum atomic E-state index is 13.4. The first-order valence-corrected chi connectivity index (χ1v) is 5.24. The van der Waals surface area contributed by atoms with Crippen molar-refractivity contribution in [1.29, 1.82) is 0 Å². The molecule has 0 radical (unpaired) electrons. The minimum atomic E-state index is -5.38. The summed E-state index contributed by atoms with van der Waals surface area (Å²) in [6.07, 6.45) is -5.82. The summed E-state index contributed by atoms with van der Waals surface area (Å²) in [6.45, 7) is -0.857. The molecule has 1 fully saturated rings. The number of alkyl halides is 1. The van der Waals surface area contributed by atoms with E-state index in [0.29, 0.717) is 0 Å². The van der Waals surface area contributed by atoms with Crippen LogP contribution in [0.15, 0.2) is 0 Å². The van der Waals surface area contributed by atoms with E-state index < -0.39 is 38.1 Å². The van der Waals surface area contributed by atoms with Gasteiger partial charge in [-0.3, -0.25) is 4.57 Å². The third kappa shape index (κ3) is 1.59. The van der Waals surface area contributed by atoms with Crippen molar-refractivity contribution in [1.82, 2.24) is 0 Å². The molecule has 5 N–H and O–H groups in total. The van der Waals surface area contributed by atoms with Gasteiger partial charge in [0.05, 0.1) is 6.61 Å². The van der Waals surface area contributed by atoms with Crippen molar-refractivity contribution in [2.24, 2.45) is 0 Å². The zero-order valence-electron chi connectivity index (χ0n) is 6.82. The zero-order valence-corrected chi connectivity index (χ0v) is 7.71. The highest BCUT2D eigenvalue weighted by Crippen LogP contribution is 2.58. The van der Waals surface area contributed by atoms with Crippen molar-refractivity contribution >= 4 is 7.60 Å². The number of aliphatic hydroxyl groups is 3. The third-order valence-corrected chi connectivity index (χ3v) is 3.13. The monoisotopic (exact) mass is 232 g/mol. The van der Waals surface area contributed by atoms with E-state index in [2.05, 4.69) is 4.74 Å². The molecule has 1 heterocycles. The highest BCUT2D eigenvalue weighted by atomic mass is 31.2. The number of hydrogen-bond acceptors (Lipinski definition) is 5. The molecule has 0 saturated carbocycles. The van der Waals surface area contributed by atoms with Crippen LogP contribution in [0.5, 0.6) is 0 Å². The maximum absolute atomic E-state index is 13.4. The molecule has 1 saturated heterocycles. The van der Waals surface area contributed by atoms with Crippen LogP contribution in [0.2, 0.25) is 0 Å². The predicted molar refractivity (Wildman–Crippen MR) is 39.9 cm³/mol. The Hall–Kier alpha value is -0.0800. The quantitative estimate of drug-likeness (QED) is 0.345. The van der Waals surface area contributed by atoms with Gasteiger partial charge in [-0.2, -0.15) is 4.39 Å². The Morgan fingerprint density at radius 1 is 1.43 bits per heavy atom. The molecule has 7 nitrogen and oxygen atoms in total. The summed E-state index contributed by atoms with van der Waals surface area (Å²) >= 11 is 0. The van der Waals surface area contributed by atoms with Gasteiger partial charge in [0.25, 0.3) is 0 Å². The van der Waals surface area contributed by atoms with Crippen LogP contribution < -0.4 is 0 Å². The van der Waals surface area contributed by atoms with E-state index in [1.54, 1.807) is 0 Å². The van der Waals surface area contributed by atoms with E-state index in [4.69, 9.17) is 25.1 Å². The highest BCUT2D eigenvalue weighted by molar-refractivity contribution is 7.53. The van der Waals surface area contributed by atoms with Crippen LogP contribution in [0.3, 0.4) is 0 Å². The van der Waals surface area contributed by atoms with E-state index >= 15 is 0 Å². The van der Waals surface area contributed by atoms with Gasteiger partial charge in [-0.05, 0) is 0 Å². The van der Waals surface area contributed by atoms with E-state index in [1.165, 1.54) is 0 Å². The second-order valence-electron chi connectivity index (χ2n) is 2.93. The minimum absolute atomic E-state index is 0.857. The van der Waals surface area contributed by atoms with Crippen molar-refractivity contribution in [3.05, 3.63) is 0 Å². The molecule has 0 aliphatic carbocycles. The molecule has 9 heteroatoms. The minimum Gasteiger partial charge on any atom is -0.394 e. The van der Waals surface area contributed by atoms with Gasteiger partial charge in [-0.1, -0.05) is 0 Å². The van der Waals surface area contributed by atoms with Gasteiger partial charge in [0.1, 0.15) is 12.2 Å². The Labute approximate surface area is 77.9 Å². The van der Waals surface area contributed by atoms with E-state index in [9.17, 15) is 8.96 Å². The zero-order chi connectivity index (χ0) is 11.1. The van der Waals surface area contributed by atoms with Crippen molar-refractivity contribution in [2.75, 3.05) is 6.61 Å². The van der Waals surface area contributed by atoms with Crippen molar-refractivity contribution < 1.29 is 38.8 Å². The fourth-order valence-corrected chi connectivity index (χ4v) is 1.92.